The minimum atomic E-state index is -1.60. The van der Waals surface area contributed by atoms with Gasteiger partial charge in [0, 0.05) is 43.3 Å². The Morgan fingerprint density at radius 2 is 1.95 bits per heavy atom. The van der Waals surface area contributed by atoms with Gasteiger partial charge in [-0.05, 0) is 18.2 Å². The second-order valence-corrected chi connectivity index (χ2v) is 9.06. The van der Waals surface area contributed by atoms with E-state index in [9.17, 15) is 28.2 Å². The lowest BCUT2D eigenvalue weighted by molar-refractivity contribution is -0.219. The summed E-state index contributed by atoms with van der Waals surface area (Å²) in [4.78, 5) is 19.7. The minimum Gasteiger partial charge on any atom is -0.394 e. The molecule has 3 aromatic rings. The molecule has 3 N–H and O–H groups in total. The number of ether oxygens (including phenoxy) is 2. The average molecular weight is 535 g/mol. The van der Waals surface area contributed by atoms with Crippen LogP contribution in [0.3, 0.4) is 0 Å². The van der Waals surface area contributed by atoms with Crippen LogP contribution in [0, 0.1) is 17.5 Å². The maximum absolute atomic E-state index is 13.8. The number of nitrogens with one attached hydrogen (secondary N) is 1. The van der Waals surface area contributed by atoms with E-state index in [0.29, 0.717) is 17.7 Å². The summed E-state index contributed by atoms with van der Waals surface area (Å²) in [6.07, 6.45) is -0.770. The molecule has 14 heteroatoms. The van der Waals surface area contributed by atoms with Crippen molar-refractivity contribution in [1.82, 2.24) is 20.0 Å². The van der Waals surface area contributed by atoms with Crippen LogP contribution in [0.15, 0.2) is 46.6 Å². The van der Waals surface area contributed by atoms with Crippen LogP contribution in [0.1, 0.15) is 24.4 Å². The number of nitrogens with zero attached hydrogens (tertiary/aromatic N) is 4. The fourth-order valence-corrected chi connectivity index (χ4v) is 4.82. The van der Waals surface area contributed by atoms with E-state index < -0.39 is 60.6 Å². The van der Waals surface area contributed by atoms with Gasteiger partial charge >= 0.3 is 0 Å². The average Bonchev–Trinajstić information content (AvgIpc) is 3.58. The van der Waals surface area contributed by atoms with Gasteiger partial charge in [-0.15, -0.1) is 5.10 Å². The van der Waals surface area contributed by atoms with E-state index in [-0.39, 0.29) is 23.2 Å². The molecule has 2 aliphatic rings. The van der Waals surface area contributed by atoms with Crippen LogP contribution in [0.2, 0.25) is 0 Å². The predicted molar refractivity (Wildman–Crippen MR) is 125 cm³/mol. The topological polar surface area (TPSA) is 144 Å². The quantitative estimate of drug-likeness (QED) is 0.384. The van der Waals surface area contributed by atoms with Crippen molar-refractivity contribution in [3.63, 3.8) is 0 Å². The fraction of sp³-hybridized carbons (Fsp3) is 0.417. The number of hydrogen-bond acceptors (Lipinski definition) is 9. The Morgan fingerprint density at radius 3 is 2.63 bits per heavy atom. The summed E-state index contributed by atoms with van der Waals surface area (Å²) in [6.45, 7) is -0.513. The van der Waals surface area contributed by atoms with E-state index in [0.717, 1.165) is 12.1 Å². The maximum Gasteiger partial charge on any atom is 0.248 e. The van der Waals surface area contributed by atoms with Gasteiger partial charge in [0.1, 0.15) is 36.2 Å². The molecule has 1 saturated heterocycles. The Kier molecular flexibility index (Phi) is 7.29. The zero-order chi connectivity index (χ0) is 27.0. The predicted octanol–water partition coefficient (Wildman–Crippen LogP) is 1.31. The third-order valence-corrected chi connectivity index (χ3v) is 6.67. The number of oxime groups is 1. The number of pyridine rings is 1. The van der Waals surface area contributed by atoms with Crippen molar-refractivity contribution in [3.05, 3.63) is 70.0 Å². The number of H-pyrrole nitrogens is 1. The zero-order valence-corrected chi connectivity index (χ0v) is 20.0. The van der Waals surface area contributed by atoms with Crippen molar-refractivity contribution < 1.29 is 37.7 Å². The first kappa shape index (κ1) is 26.0. The third-order valence-electron chi connectivity index (χ3n) is 6.67. The lowest BCUT2D eigenvalue weighted by Gasteiger charge is -2.44. The van der Waals surface area contributed by atoms with E-state index in [1.807, 2.05) is 0 Å². The second kappa shape index (κ2) is 10.6. The summed E-state index contributed by atoms with van der Waals surface area (Å²) in [5, 5.41) is 32.9. The lowest BCUT2D eigenvalue weighted by atomic mass is 9.89. The first-order valence-corrected chi connectivity index (χ1v) is 11.7. The normalized spacial score (nSPS) is 27.3. The van der Waals surface area contributed by atoms with Crippen molar-refractivity contribution in [2.24, 2.45) is 5.16 Å². The molecule has 1 aromatic carbocycles. The highest BCUT2D eigenvalue weighted by Crippen LogP contribution is 2.36. The molecule has 4 heterocycles. The van der Waals surface area contributed by atoms with Crippen molar-refractivity contribution in [1.29, 1.82) is 0 Å². The second-order valence-electron chi connectivity index (χ2n) is 9.06. The number of rotatable bonds is 7. The van der Waals surface area contributed by atoms with Crippen LogP contribution in [-0.4, -0.2) is 80.1 Å². The molecule has 2 aromatic heterocycles. The van der Waals surface area contributed by atoms with Crippen LogP contribution < -0.4 is 5.56 Å². The summed E-state index contributed by atoms with van der Waals surface area (Å²) in [5.74, 6) is -4.36. The number of methoxy groups -OCH3 is 1. The molecular formula is C24H24F3N5O6. The molecule has 1 fully saturated rings. The first-order valence-electron chi connectivity index (χ1n) is 11.7. The van der Waals surface area contributed by atoms with Gasteiger partial charge in [-0.3, -0.25) is 4.79 Å². The summed E-state index contributed by atoms with van der Waals surface area (Å²) < 4.78 is 53.8. The highest BCUT2D eigenvalue weighted by Gasteiger charge is 2.48. The third kappa shape index (κ3) is 4.95. The van der Waals surface area contributed by atoms with Crippen LogP contribution in [0.25, 0.3) is 11.3 Å². The van der Waals surface area contributed by atoms with Crippen molar-refractivity contribution in [3.8, 4) is 11.3 Å². The van der Waals surface area contributed by atoms with Crippen LogP contribution >= 0.6 is 0 Å². The molecule has 11 nitrogen and oxygen atoms in total. The van der Waals surface area contributed by atoms with Crippen molar-refractivity contribution >= 4 is 5.71 Å². The van der Waals surface area contributed by atoms with Crippen LogP contribution in [0.4, 0.5) is 13.2 Å². The number of aliphatic hydroxyl groups is 2. The van der Waals surface area contributed by atoms with Gasteiger partial charge in [-0.25, -0.2) is 17.9 Å². The van der Waals surface area contributed by atoms with Crippen LogP contribution in [0.5, 0.6) is 0 Å². The summed E-state index contributed by atoms with van der Waals surface area (Å²) in [6, 6.07) is 3.78. The molecule has 5 rings (SSSR count). The summed E-state index contributed by atoms with van der Waals surface area (Å²) in [5.41, 5.74) is 0.908. The van der Waals surface area contributed by atoms with E-state index in [2.05, 4.69) is 20.5 Å². The molecule has 38 heavy (non-hydrogen) atoms. The number of aromatic amines is 1. The van der Waals surface area contributed by atoms with Gasteiger partial charge in [-0.2, -0.15) is 0 Å². The molecule has 0 aliphatic carbocycles. The molecule has 0 amide bonds. The van der Waals surface area contributed by atoms with Crippen molar-refractivity contribution in [2.45, 2.75) is 49.4 Å². The Balaban J connectivity index is 1.37. The molecule has 1 unspecified atom stereocenters. The number of benzene rings is 1. The molecule has 202 valence electrons. The molecular weight excluding hydrogens is 511 g/mol. The van der Waals surface area contributed by atoms with Gasteiger partial charge in [0.15, 0.2) is 17.5 Å². The molecule has 0 bridgehead atoms. The van der Waals surface area contributed by atoms with E-state index in [1.165, 1.54) is 30.3 Å². The van der Waals surface area contributed by atoms with Gasteiger partial charge in [0.2, 0.25) is 5.56 Å². The van der Waals surface area contributed by atoms with E-state index >= 15 is 0 Å². The number of hydrogen-bond donors (Lipinski definition) is 3. The van der Waals surface area contributed by atoms with Gasteiger partial charge in [0.25, 0.3) is 0 Å². The SMILES string of the molecule is CO[C@@H]1[C@@H](n2cc(-c3cc(F)c(F)c(F)c3)nn2)[C@@H](O)[C@@H](CO)O[C@@H]1CC1CC(c2cc[nH]c(=O)c2)=NO1. The fourth-order valence-electron chi connectivity index (χ4n) is 4.82. The van der Waals surface area contributed by atoms with Gasteiger partial charge < -0.3 is 29.5 Å². The number of aromatic nitrogens is 4. The number of halogens is 3. The molecule has 0 saturated carbocycles. The number of aliphatic hydroxyl groups excluding tert-OH is 2. The minimum absolute atomic E-state index is 0.0310. The zero-order valence-electron chi connectivity index (χ0n) is 20.0. The maximum atomic E-state index is 13.8. The highest BCUT2D eigenvalue weighted by atomic mass is 19.2. The Bertz CT molecular complexity index is 1370. The summed E-state index contributed by atoms with van der Waals surface area (Å²) >= 11 is 0. The highest BCUT2D eigenvalue weighted by molar-refractivity contribution is 6.01. The standard InChI is InChI=1S/C24H24F3N5O6/c1-36-24-18(8-13-7-16(30-38-13)11-2-3-28-20(34)6-11)37-19(10-33)23(35)22(24)32-9-17(29-31-32)12-4-14(25)21(27)15(26)5-12/h2-6,9,13,18-19,22-24,33,35H,7-8,10H2,1H3,(H,28,34)/t13?,18-,19-,22+,23+,24+/m1/s1. The van der Waals surface area contributed by atoms with Crippen molar-refractivity contribution in [2.75, 3.05) is 13.7 Å². The van der Waals surface area contributed by atoms with Gasteiger partial charge in [0.05, 0.1) is 24.6 Å². The molecule has 0 radical (unpaired) electrons. The molecule has 2 aliphatic heterocycles. The Hall–Kier alpha value is -3.59. The van der Waals surface area contributed by atoms with E-state index in [4.69, 9.17) is 14.3 Å². The Morgan fingerprint density at radius 1 is 1.18 bits per heavy atom. The summed E-state index contributed by atoms with van der Waals surface area (Å²) in [7, 11) is 1.41. The monoisotopic (exact) mass is 535 g/mol. The van der Waals surface area contributed by atoms with E-state index in [1.54, 1.807) is 6.07 Å². The first-order chi connectivity index (χ1) is 18.3. The lowest BCUT2D eigenvalue weighted by Crippen LogP contribution is -2.57. The largest absolute Gasteiger partial charge is 0.394 e. The van der Waals surface area contributed by atoms with Crippen LogP contribution in [-0.2, 0) is 14.3 Å². The smallest absolute Gasteiger partial charge is 0.248 e. The Labute approximate surface area is 213 Å². The molecule has 6 atom stereocenters. The molecule has 0 spiro atoms. The van der Waals surface area contributed by atoms with Gasteiger partial charge in [-0.1, -0.05) is 10.4 Å².